The zero-order valence-corrected chi connectivity index (χ0v) is 16.5. The van der Waals surface area contributed by atoms with Crippen LogP contribution in [-0.4, -0.2) is 27.9 Å². The van der Waals surface area contributed by atoms with Gasteiger partial charge in [0.2, 0.25) is 0 Å². The van der Waals surface area contributed by atoms with Crippen LogP contribution < -0.4 is 0 Å². The van der Waals surface area contributed by atoms with Crippen molar-refractivity contribution in [1.29, 1.82) is 0 Å². The molecule has 0 aromatic carbocycles. The van der Waals surface area contributed by atoms with E-state index in [0.717, 1.165) is 73.0 Å². The monoisotopic (exact) mass is 396 g/mol. The first-order valence-corrected chi connectivity index (χ1v) is 12.9. The van der Waals surface area contributed by atoms with Gasteiger partial charge in [-0.15, -0.1) is 0 Å². The quantitative estimate of drug-likeness (QED) is 0.214. The van der Waals surface area contributed by atoms with Gasteiger partial charge in [0, 0.05) is 21.6 Å². The fraction of sp³-hybridized carbons (Fsp3) is 0.867. The molecule has 0 saturated heterocycles. The Balaban J connectivity index is 1.45. The molecule has 0 aromatic rings. The molecule has 2 saturated carbocycles. The standard InChI is InChI=1S/C15H24O4S4/c16-14(18-12-7-3-1-4-8-12)22-20-11-21-23-15(17)19-13-9-5-2-6-10-13/h12-13H,1-11H2. The molecule has 2 rings (SSSR count). The Kier molecular flexibility index (Phi) is 10.1. The molecule has 0 aromatic heterocycles. The third-order valence-electron chi connectivity index (χ3n) is 3.98. The average molecular weight is 397 g/mol. The fourth-order valence-electron chi connectivity index (χ4n) is 2.84. The van der Waals surface area contributed by atoms with Crippen molar-refractivity contribution in [1.82, 2.24) is 0 Å². The van der Waals surface area contributed by atoms with Gasteiger partial charge in [0.15, 0.2) is 0 Å². The lowest BCUT2D eigenvalue weighted by Gasteiger charge is -2.21. The van der Waals surface area contributed by atoms with Gasteiger partial charge in [0.25, 0.3) is 0 Å². The molecule has 8 heteroatoms. The van der Waals surface area contributed by atoms with Crippen LogP contribution in [0.3, 0.4) is 0 Å². The molecule has 0 heterocycles. The minimum atomic E-state index is -0.211. The van der Waals surface area contributed by atoms with Crippen LogP contribution in [0, 0.1) is 0 Å². The molecule has 132 valence electrons. The van der Waals surface area contributed by atoms with Gasteiger partial charge >= 0.3 is 10.6 Å². The van der Waals surface area contributed by atoms with Gasteiger partial charge < -0.3 is 9.47 Å². The molecule has 2 aliphatic carbocycles. The second kappa shape index (κ2) is 11.8. The molecule has 0 atom stereocenters. The van der Waals surface area contributed by atoms with Gasteiger partial charge in [-0.25, -0.2) is 9.59 Å². The Morgan fingerprint density at radius 3 is 1.48 bits per heavy atom. The normalized spacial score (nSPS) is 20.2. The van der Waals surface area contributed by atoms with Gasteiger partial charge in [-0.2, -0.15) is 0 Å². The van der Waals surface area contributed by atoms with Gasteiger partial charge in [0.05, 0.1) is 5.08 Å². The Labute approximate surface area is 154 Å². The van der Waals surface area contributed by atoms with Crippen molar-refractivity contribution in [2.75, 3.05) is 5.08 Å². The molecule has 0 spiro atoms. The van der Waals surface area contributed by atoms with E-state index in [9.17, 15) is 9.59 Å². The largest absolute Gasteiger partial charge is 0.454 e. The van der Waals surface area contributed by atoms with Gasteiger partial charge in [0.1, 0.15) is 12.2 Å². The number of carbonyl (C=O) groups excluding carboxylic acids is 2. The van der Waals surface area contributed by atoms with E-state index in [1.54, 1.807) is 0 Å². The van der Waals surface area contributed by atoms with Crippen molar-refractivity contribution in [3.8, 4) is 0 Å². The lowest BCUT2D eigenvalue weighted by atomic mass is 9.98. The van der Waals surface area contributed by atoms with Crippen LogP contribution in [0.1, 0.15) is 64.2 Å². The first-order valence-electron chi connectivity index (χ1n) is 8.24. The first kappa shape index (κ1) is 19.7. The van der Waals surface area contributed by atoms with Crippen molar-refractivity contribution >= 4 is 53.8 Å². The molecule has 0 amide bonds. The van der Waals surface area contributed by atoms with Crippen molar-refractivity contribution in [2.24, 2.45) is 0 Å². The molecule has 4 nitrogen and oxygen atoms in total. The molecule has 0 N–H and O–H groups in total. The highest BCUT2D eigenvalue weighted by Gasteiger charge is 2.19. The molecule has 0 aliphatic heterocycles. The molecule has 23 heavy (non-hydrogen) atoms. The van der Waals surface area contributed by atoms with E-state index in [-0.39, 0.29) is 22.8 Å². The summed E-state index contributed by atoms with van der Waals surface area (Å²) in [5.41, 5.74) is 0. The first-order chi connectivity index (χ1) is 11.2. The van der Waals surface area contributed by atoms with Crippen LogP contribution in [0.25, 0.3) is 0 Å². The molecular formula is C15H24O4S4. The Hall–Kier alpha value is 0.340. The number of hydrogen-bond donors (Lipinski definition) is 0. The maximum Gasteiger partial charge on any atom is 0.378 e. The number of hydrogen-bond acceptors (Lipinski definition) is 8. The fourth-order valence-corrected chi connectivity index (χ4v) is 7.02. The third-order valence-corrected chi connectivity index (χ3v) is 8.71. The van der Waals surface area contributed by atoms with E-state index in [1.807, 2.05) is 0 Å². The summed E-state index contributed by atoms with van der Waals surface area (Å²) in [6, 6.07) is 0. The highest BCUT2D eigenvalue weighted by Crippen LogP contribution is 2.35. The molecule has 0 bridgehead atoms. The van der Waals surface area contributed by atoms with E-state index in [4.69, 9.17) is 9.47 Å². The summed E-state index contributed by atoms with van der Waals surface area (Å²) in [5, 5.41) is 0.226. The Bertz CT molecular complexity index is 334. The van der Waals surface area contributed by atoms with Crippen molar-refractivity contribution in [3.05, 3.63) is 0 Å². The van der Waals surface area contributed by atoms with Crippen molar-refractivity contribution < 1.29 is 19.1 Å². The summed E-state index contributed by atoms with van der Waals surface area (Å²) < 4.78 is 10.8. The highest BCUT2D eigenvalue weighted by molar-refractivity contribution is 8.89. The van der Waals surface area contributed by atoms with Crippen LogP contribution >= 0.6 is 43.2 Å². The van der Waals surface area contributed by atoms with E-state index in [1.165, 1.54) is 34.4 Å². The maximum atomic E-state index is 11.7. The zero-order valence-electron chi connectivity index (χ0n) is 13.2. The highest BCUT2D eigenvalue weighted by atomic mass is 33.1. The number of ether oxygens (including phenoxy) is 2. The topological polar surface area (TPSA) is 52.6 Å². The molecule has 0 unspecified atom stereocenters. The van der Waals surface area contributed by atoms with Crippen molar-refractivity contribution in [2.45, 2.75) is 76.4 Å². The lowest BCUT2D eigenvalue weighted by Crippen LogP contribution is -2.18. The molecule has 0 radical (unpaired) electrons. The predicted octanol–water partition coefficient (Wildman–Crippen LogP) is 6.65. The van der Waals surface area contributed by atoms with Gasteiger partial charge in [-0.3, -0.25) is 0 Å². The zero-order chi connectivity index (χ0) is 16.3. The molecule has 2 aliphatic rings. The third kappa shape index (κ3) is 8.84. The van der Waals surface area contributed by atoms with E-state index in [0.29, 0.717) is 5.08 Å². The summed E-state index contributed by atoms with van der Waals surface area (Å²) in [5.74, 6) is 0. The summed E-state index contributed by atoms with van der Waals surface area (Å²) in [6.45, 7) is 0. The minimum absolute atomic E-state index is 0.108. The van der Waals surface area contributed by atoms with Crippen molar-refractivity contribution in [3.63, 3.8) is 0 Å². The minimum Gasteiger partial charge on any atom is -0.454 e. The summed E-state index contributed by atoms with van der Waals surface area (Å²) in [4.78, 5) is 23.4. The van der Waals surface area contributed by atoms with Gasteiger partial charge in [-0.05, 0) is 51.4 Å². The van der Waals surface area contributed by atoms with Crippen LogP contribution in [0.5, 0.6) is 0 Å². The lowest BCUT2D eigenvalue weighted by molar-refractivity contribution is 0.0963. The Morgan fingerprint density at radius 2 is 1.09 bits per heavy atom. The van der Waals surface area contributed by atoms with Crippen LogP contribution in [0.4, 0.5) is 9.59 Å². The second-order valence-electron chi connectivity index (χ2n) is 5.78. The maximum absolute atomic E-state index is 11.7. The SMILES string of the molecule is O=C(OC1CCCCC1)SSCSSC(=O)OC1CCCCC1. The smallest absolute Gasteiger partial charge is 0.378 e. The van der Waals surface area contributed by atoms with Crippen LogP contribution in [0.15, 0.2) is 0 Å². The number of rotatable bonds is 6. The van der Waals surface area contributed by atoms with E-state index < -0.39 is 0 Å². The summed E-state index contributed by atoms with van der Waals surface area (Å²) in [7, 11) is 5.08. The van der Waals surface area contributed by atoms with Crippen LogP contribution in [-0.2, 0) is 9.47 Å². The summed E-state index contributed by atoms with van der Waals surface area (Å²) >= 11 is 0. The average Bonchev–Trinajstić information content (AvgIpc) is 2.56. The van der Waals surface area contributed by atoms with Gasteiger partial charge in [-0.1, -0.05) is 34.4 Å². The second-order valence-corrected chi connectivity index (χ2v) is 10.6. The van der Waals surface area contributed by atoms with E-state index >= 15 is 0 Å². The molecule has 2 fully saturated rings. The van der Waals surface area contributed by atoms with E-state index in [2.05, 4.69) is 0 Å². The number of carbonyl (C=O) groups is 2. The Morgan fingerprint density at radius 1 is 0.696 bits per heavy atom. The van der Waals surface area contributed by atoms with Crippen LogP contribution in [0.2, 0.25) is 0 Å². The molecular weight excluding hydrogens is 372 g/mol. The predicted molar refractivity (Wildman–Crippen MR) is 102 cm³/mol. The summed E-state index contributed by atoms with van der Waals surface area (Å²) in [6.07, 6.45) is 11.3.